The van der Waals surface area contributed by atoms with E-state index in [9.17, 15) is 24.3 Å². The van der Waals surface area contributed by atoms with Crippen molar-refractivity contribution in [2.75, 3.05) is 5.75 Å². The first-order valence-electron chi connectivity index (χ1n) is 11.5. The van der Waals surface area contributed by atoms with Gasteiger partial charge >= 0.3 is 5.97 Å². The number of thiol groups is 1. The molecule has 11 heteroatoms. The smallest absolute Gasteiger partial charge is 0.326 e. The van der Waals surface area contributed by atoms with Crippen molar-refractivity contribution in [3.8, 4) is 0 Å². The largest absolute Gasteiger partial charge is 0.480 e. The van der Waals surface area contributed by atoms with Crippen molar-refractivity contribution in [3.05, 3.63) is 36.0 Å². The van der Waals surface area contributed by atoms with Gasteiger partial charge in [-0.05, 0) is 23.5 Å². The highest BCUT2D eigenvalue weighted by Crippen LogP contribution is 2.19. The summed E-state index contributed by atoms with van der Waals surface area (Å²) in [7, 11) is 0. The Morgan fingerprint density at radius 1 is 0.943 bits per heavy atom. The van der Waals surface area contributed by atoms with Gasteiger partial charge in [-0.1, -0.05) is 45.9 Å². The number of nitrogens with two attached hydrogens (primary N) is 1. The minimum atomic E-state index is -1.17. The molecule has 192 valence electrons. The van der Waals surface area contributed by atoms with Gasteiger partial charge in [0, 0.05) is 29.3 Å². The van der Waals surface area contributed by atoms with E-state index in [1.165, 1.54) is 0 Å². The number of benzene rings is 1. The Balaban J connectivity index is 2.28. The van der Waals surface area contributed by atoms with Gasteiger partial charge in [0.05, 0.1) is 6.04 Å². The Kier molecular flexibility index (Phi) is 10.1. The van der Waals surface area contributed by atoms with Crippen molar-refractivity contribution >= 4 is 47.2 Å². The third kappa shape index (κ3) is 7.46. The van der Waals surface area contributed by atoms with Crippen molar-refractivity contribution in [2.24, 2.45) is 17.6 Å². The van der Waals surface area contributed by atoms with Gasteiger partial charge in [0.2, 0.25) is 17.7 Å². The lowest BCUT2D eigenvalue weighted by molar-refractivity contribution is -0.143. The number of carboxylic acid groups (broad SMARTS) is 1. The summed E-state index contributed by atoms with van der Waals surface area (Å²) in [6, 6.07) is 3.43. The molecule has 0 radical (unpaired) electrons. The van der Waals surface area contributed by atoms with Crippen LogP contribution in [-0.2, 0) is 25.6 Å². The number of carboxylic acids is 1. The second-order valence-corrected chi connectivity index (χ2v) is 9.57. The lowest BCUT2D eigenvalue weighted by atomic mass is 10.0. The van der Waals surface area contributed by atoms with Crippen LogP contribution in [0.3, 0.4) is 0 Å². The fourth-order valence-electron chi connectivity index (χ4n) is 3.53. The van der Waals surface area contributed by atoms with Crippen LogP contribution in [0.1, 0.15) is 33.3 Å². The van der Waals surface area contributed by atoms with E-state index in [0.717, 1.165) is 16.5 Å². The molecule has 0 fully saturated rings. The van der Waals surface area contributed by atoms with Crippen LogP contribution in [0.25, 0.3) is 10.9 Å². The molecule has 35 heavy (non-hydrogen) atoms. The highest BCUT2D eigenvalue weighted by molar-refractivity contribution is 7.80. The van der Waals surface area contributed by atoms with E-state index in [1.807, 2.05) is 24.3 Å². The summed E-state index contributed by atoms with van der Waals surface area (Å²) in [4.78, 5) is 53.3. The SMILES string of the molecule is CC(C)C(N)C(=O)NC(CS)C(=O)NC(Cc1c[nH]c2ccccc12)C(=O)NC(C(=O)O)C(C)C. The van der Waals surface area contributed by atoms with Crippen LogP contribution < -0.4 is 21.7 Å². The van der Waals surface area contributed by atoms with Crippen LogP contribution in [0.5, 0.6) is 0 Å². The number of aliphatic carboxylic acids is 1. The zero-order chi connectivity index (χ0) is 26.3. The zero-order valence-electron chi connectivity index (χ0n) is 20.4. The molecule has 0 saturated carbocycles. The fourth-order valence-corrected chi connectivity index (χ4v) is 3.79. The normalized spacial score (nSPS) is 14.9. The predicted molar refractivity (Wildman–Crippen MR) is 137 cm³/mol. The molecule has 2 aromatic rings. The Bertz CT molecular complexity index is 1050. The van der Waals surface area contributed by atoms with Gasteiger partial charge in [-0.2, -0.15) is 12.6 Å². The maximum atomic E-state index is 13.2. The van der Waals surface area contributed by atoms with Gasteiger partial charge in [0.15, 0.2) is 0 Å². The van der Waals surface area contributed by atoms with Crippen molar-refractivity contribution in [3.63, 3.8) is 0 Å². The maximum absolute atomic E-state index is 13.2. The number of carbonyl (C=O) groups excluding carboxylic acids is 3. The van der Waals surface area contributed by atoms with E-state index >= 15 is 0 Å². The number of carbonyl (C=O) groups is 4. The standard InChI is InChI=1S/C24H35N5O5S/c1-12(2)19(25)23(32)28-18(11-35)22(31)27-17(21(30)29-20(13(3)4)24(33)34)9-14-10-26-16-8-6-5-7-15(14)16/h5-8,10,12-13,17-20,26,35H,9,11,25H2,1-4H3,(H,27,31)(H,28,32)(H,29,30)(H,33,34). The molecule has 3 amide bonds. The Morgan fingerprint density at radius 2 is 1.54 bits per heavy atom. The van der Waals surface area contributed by atoms with Crippen LogP contribution in [0, 0.1) is 11.8 Å². The van der Waals surface area contributed by atoms with E-state index in [4.69, 9.17) is 5.73 Å². The van der Waals surface area contributed by atoms with Crippen LogP contribution in [0.2, 0.25) is 0 Å². The Labute approximate surface area is 210 Å². The minimum Gasteiger partial charge on any atom is -0.480 e. The second kappa shape index (κ2) is 12.6. The van der Waals surface area contributed by atoms with Gasteiger partial charge in [-0.25, -0.2) is 4.79 Å². The van der Waals surface area contributed by atoms with Gasteiger partial charge in [0.1, 0.15) is 18.1 Å². The minimum absolute atomic E-state index is 0.0203. The van der Waals surface area contributed by atoms with Crippen molar-refractivity contribution in [2.45, 2.75) is 58.3 Å². The van der Waals surface area contributed by atoms with E-state index in [2.05, 4.69) is 33.6 Å². The Morgan fingerprint density at radius 3 is 2.11 bits per heavy atom. The third-order valence-corrected chi connectivity index (χ3v) is 6.16. The number of rotatable bonds is 12. The highest BCUT2D eigenvalue weighted by Gasteiger charge is 2.31. The zero-order valence-corrected chi connectivity index (χ0v) is 21.3. The van der Waals surface area contributed by atoms with Crippen molar-refractivity contribution in [1.29, 1.82) is 0 Å². The first-order valence-corrected chi connectivity index (χ1v) is 12.1. The van der Waals surface area contributed by atoms with E-state index in [-0.39, 0.29) is 24.0 Å². The number of aromatic nitrogens is 1. The van der Waals surface area contributed by atoms with E-state index in [1.54, 1.807) is 33.9 Å². The molecule has 0 aliphatic rings. The maximum Gasteiger partial charge on any atom is 0.326 e. The van der Waals surface area contributed by atoms with Crippen LogP contribution in [0.15, 0.2) is 30.5 Å². The van der Waals surface area contributed by atoms with Crippen LogP contribution in [0.4, 0.5) is 0 Å². The molecular formula is C24H35N5O5S. The fraction of sp³-hybridized carbons (Fsp3) is 0.500. The van der Waals surface area contributed by atoms with Crippen molar-refractivity contribution < 1.29 is 24.3 Å². The number of amides is 3. The number of para-hydroxylation sites is 1. The number of fused-ring (bicyclic) bond motifs is 1. The first kappa shape index (κ1) is 28.2. The molecule has 10 nitrogen and oxygen atoms in total. The van der Waals surface area contributed by atoms with Crippen LogP contribution >= 0.6 is 12.6 Å². The average Bonchev–Trinajstić information content (AvgIpc) is 3.21. The number of H-pyrrole nitrogens is 1. The molecule has 0 bridgehead atoms. The topological polar surface area (TPSA) is 166 Å². The first-order chi connectivity index (χ1) is 16.5. The van der Waals surface area contributed by atoms with Gasteiger partial charge < -0.3 is 31.8 Å². The monoisotopic (exact) mass is 505 g/mol. The quantitative estimate of drug-likeness (QED) is 0.211. The number of nitrogens with one attached hydrogen (secondary N) is 4. The van der Waals surface area contributed by atoms with E-state index in [0.29, 0.717) is 0 Å². The summed E-state index contributed by atoms with van der Waals surface area (Å²) in [5.41, 5.74) is 7.51. The molecule has 0 aliphatic carbocycles. The summed E-state index contributed by atoms with van der Waals surface area (Å²) in [5, 5.41) is 18.1. The molecule has 2 rings (SSSR count). The number of aromatic amines is 1. The predicted octanol–water partition coefficient (Wildman–Crippen LogP) is 0.819. The molecular weight excluding hydrogens is 470 g/mol. The lowest BCUT2D eigenvalue weighted by Crippen LogP contribution is -2.59. The molecule has 1 aromatic carbocycles. The summed E-state index contributed by atoms with van der Waals surface area (Å²) in [6.07, 6.45) is 1.85. The summed E-state index contributed by atoms with van der Waals surface area (Å²) in [6.45, 7) is 6.93. The van der Waals surface area contributed by atoms with Gasteiger partial charge in [0.25, 0.3) is 0 Å². The number of hydrogen-bond acceptors (Lipinski definition) is 6. The summed E-state index contributed by atoms with van der Waals surface area (Å²) < 4.78 is 0. The van der Waals surface area contributed by atoms with E-state index < -0.39 is 47.9 Å². The highest BCUT2D eigenvalue weighted by atomic mass is 32.1. The second-order valence-electron chi connectivity index (χ2n) is 9.21. The van der Waals surface area contributed by atoms with Gasteiger partial charge in [-0.3, -0.25) is 14.4 Å². The summed E-state index contributed by atoms with van der Waals surface area (Å²) in [5.74, 6) is -3.47. The molecule has 0 spiro atoms. The van der Waals surface area contributed by atoms with Crippen molar-refractivity contribution in [1.82, 2.24) is 20.9 Å². The molecule has 1 aromatic heterocycles. The Hall–Kier alpha value is -3.05. The molecule has 0 aliphatic heterocycles. The number of hydrogen-bond donors (Lipinski definition) is 7. The van der Waals surface area contributed by atoms with Gasteiger partial charge in [-0.15, -0.1) is 0 Å². The molecule has 0 saturated heterocycles. The summed E-state index contributed by atoms with van der Waals surface area (Å²) >= 11 is 4.17. The third-order valence-electron chi connectivity index (χ3n) is 5.80. The lowest BCUT2D eigenvalue weighted by Gasteiger charge is -2.26. The average molecular weight is 506 g/mol. The molecule has 7 N–H and O–H groups in total. The molecule has 4 atom stereocenters. The van der Waals surface area contributed by atoms with Crippen LogP contribution in [-0.4, -0.2) is 63.7 Å². The molecule has 1 heterocycles. The molecule has 4 unspecified atom stereocenters.